The second kappa shape index (κ2) is 4.52. The minimum absolute atomic E-state index is 0.335. The van der Waals surface area contributed by atoms with E-state index in [1.54, 1.807) is 11.0 Å². The van der Waals surface area contributed by atoms with Crippen LogP contribution in [-0.2, 0) is 4.74 Å². The van der Waals surface area contributed by atoms with Crippen LogP contribution in [0, 0.1) is 0 Å². The summed E-state index contributed by atoms with van der Waals surface area (Å²) in [6, 6.07) is 1.65. The molecule has 1 aliphatic rings. The first-order valence-electron chi connectivity index (χ1n) is 5.11. The molecule has 6 nitrogen and oxygen atoms in total. The van der Waals surface area contributed by atoms with Crippen LogP contribution in [0.25, 0.3) is 0 Å². The number of aliphatic hydroxyl groups is 2. The largest absolute Gasteiger partial charge is 0.465 e. The SMILES string of the molecule is COC(=O)c1sc(N2CC(O)C(O)C2)cc1N. The van der Waals surface area contributed by atoms with Crippen molar-refractivity contribution in [1.82, 2.24) is 0 Å². The van der Waals surface area contributed by atoms with E-state index in [0.717, 1.165) is 5.00 Å². The van der Waals surface area contributed by atoms with Gasteiger partial charge in [-0.2, -0.15) is 0 Å². The molecule has 7 heteroatoms. The topological polar surface area (TPSA) is 96.0 Å². The van der Waals surface area contributed by atoms with Gasteiger partial charge in [-0.25, -0.2) is 4.79 Å². The predicted octanol–water partition coefficient (Wildman–Crippen LogP) is -0.341. The summed E-state index contributed by atoms with van der Waals surface area (Å²) in [5, 5.41) is 19.7. The van der Waals surface area contributed by atoms with Crippen LogP contribution in [0.3, 0.4) is 0 Å². The minimum atomic E-state index is -0.764. The number of hydrogen-bond acceptors (Lipinski definition) is 7. The zero-order valence-corrected chi connectivity index (χ0v) is 10.1. The maximum atomic E-state index is 11.4. The van der Waals surface area contributed by atoms with E-state index in [9.17, 15) is 15.0 Å². The molecule has 0 spiro atoms. The van der Waals surface area contributed by atoms with Crippen molar-refractivity contribution in [1.29, 1.82) is 0 Å². The number of rotatable bonds is 2. The Morgan fingerprint density at radius 1 is 1.53 bits per heavy atom. The molecule has 0 aromatic carbocycles. The van der Waals surface area contributed by atoms with Gasteiger partial charge in [-0.15, -0.1) is 11.3 Å². The first-order valence-corrected chi connectivity index (χ1v) is 5.93. The highest BCUT2D eigenvalue weighted by Crippen LogP contribution is 2.34. The number of aliphatic hydroxyl groups excluding tert-OH is 2. The first-order chi connectivity index (χ1) is 8.02. The van der Waals surface area contributed by atoms with Crippen molar-refractivity contribution in [3.8, 4) is 0 Å². The van der Waals surface area contributed by atoms with Crippen LogP contribution in [0.15, 0.2) is 6.07 Å². The highest BCUT2D eigenvalue weighted by atomic mass is 32.1. The van der Waals surface area contributed by atoms with Crippen LogP contribution in [-0.4, -0.2) is 48.6 Å². The molecule has 1 aromatic rings. The van der Waals surface area contributed by atoms with Gasteiger partial charge in [0.1, 0.15) is 4.88 Å². The van der Waals surface area contributed by atoms with E-state index in [1.165, 1.54) is 18.4 Å². The van der Waals surface area contributed by atoms with Crippen LogP contribution < -0.4 is 10.6 Å². The van der Waals surface area contributed by atoms with Gasteiger partial charge in [0.05, 0.1) is 30.0 Å². The highest BCUT2D eigenvalue weighted by molar-refractivity contribution is 7.18. The summed E-state index contributed by atoms with van der Waals surface area (Å²) in [7, 11) is 1.30. The third kappa shape index (κ3) is 2.21. The average Bonchev–Trinajstić information content (AvgIpc) is 2.82. The third-order valence-electron chi connectivity index (χ3n) is 2.69. The predicted molar refractivity (Wildman–Crippen MR) is 64.3 cm³/mol. The molecule has 2 rings (SSSR count). The van der Waals surface area contributed by atoms with E-state index < -0.39 is 18.2 Å². The second-order valence-corrected chi connectivity index (χ2v) is 4.93. The smallest absolute Gasteiger partial charge is 0.350 e. The number of anilines is 2. The fraction of sp³-hybridized carbons (Fsp3) is 0.500. The zero-order valence-electron chi connectivity index (χ0n) is 9.29. The number of β-amino-alcohol motifs (C(OH)–C–C–N with tert-alkyl or cyclic N) is 2. The van der Waals surface area contributed by atoms with Crippen LogP contribution in [0.5, 0.6) is 0 Å². The molecule has 17 heavy (non-hydrogen) atoms. The lowest BCUT2D eigenvalue weighted by Crippen LogP contribution is -2.22. The zero-order chi connectivity index (χ0) is 12.6. The Morgan fingerprint density at radius 2 is 2.12 bits per heavy atom. The van der Waals surface area contributed by atoms with E-state index >= 15 is 0 Å². The lowest BCUT2D eigenvalue weighted by molar-refractivity contribution is 0.0572. The second-order valence-electron chi connectivity index (χ2n) is 3.90. The number of carbonyl (C=O) groups excluding carboxylic acids is 1. The van der Waals surface area contributed by atoms with Gasteiger partial charge >= 0.3 is 5.97 Å². The molecule has 0 bridgehead atoms. The van der Waals surface area contributed by atoms with Gasteiger partial charge in [-0.3, -0.25) is 0 Å². The van der Waals surface area contributed by atoms with Crippen molar-refractivity contribution in [2.24, 2.45) is 0 Å². The normalized spacial score (nSPS) is 24.1. The number of hydrogen-bond donors (Lipinski definition) is 3. The van der Waals surface area contributed by atoms with Crippen molar-refractivity contribution < 1.29 is 19.7 Å². The standard InChI is InChI=1S/C10H14N2O4S/c1-16-10(15)9-5(11)2-8(17-9)12-3-6(13)7(14)4-12/h2,6-7,13-14H,3-4,11H2,1H3. The molecule has 1 saturated heterocycles. The molecule has 1 aliphatic heterocycles. The molecular formula is C10H14N2O4S. The Hall–Kier alpha value is -1.31. The molecular weight excluding hydrogens is 244 g/mol. The average molecular weight is 258 g/mol. The number of carbonyl (C=O) groups is 1. The number of esters is 1. The molecule has 0 aliphatic carbocycles. The third-order valence-corrected chi connectivity index (χ3v) is 3.88. The number of methoxy groups -OCH3 is 1. The molecule has 2 atom stereocenters. The van der Waals surface area contributed by atoms with E-state index in [0.29, 0.717) is 23.7 Å². The van der Waals surface area contributed by atoms with E-state index in [1.807, 2.05) is 0 Å². The first kappa shape index (κ1) is 12.2. The molecule has 0 amide bonds. The summed E-state index contributed by atoms with van der Waals surface area (Å²) in [4.78, 5) is 13.5. The maximum absolute atomic E-state index is 11.4. The number of ether oxygens (including phenoxy) is 1. The summed E-state index contributed by atoms with van der Waals surface area (Å²) in [5.74, 6) is -0.473. The van der Waals surface area contributed by atoms with Crippen LogP contribution in [0.4, 0.5) is 10.7 Å². The number of thiophene rings is 1. The van der Waals surface area contributed by atoms with Crippen LogP contribution in [0.2, 0.25) is 0 Å². The van der Waals surface area contributed by atoms with Crippen LogP contribution in [0.1, 0.15) is 9.67 Å². The highest BCUT2D eigenvalue weighted by Gasteiger charge is 2.31. The maximum Gasteiger partial charge on any atom is 0.350 e. The van der Waals surface area contributed by atoms with Gasteiger partial charge in [0.15, 0.2) is 0 Å². The van der Waals surface area contributed by atoms with Gasteiger partial charge in [-0.05, 0) is 6.07 Å². The molecule has 4 N–H and O–H groups in total. The lowest BCUT2D eigenvalue weighted by atomic mass is 10.3. The molecule has 1 fully saturated rings. The summed E-state index contributed by atoms with van der Waals surface area (Å²) >= 11 is 1.20. The van der Waals surface area contributed by atoms with Gasteiger partial charge in [0, 0.05) is 13.1 Å². The summed E-state index contributed by atoms with van der Waals surface area (Å²) in [5.41, 5.74) is 6.07. The Morgan fingerprint density at radius 3 is 2.65 bits per heavy atom. The Kier molecular flexibility index (Phi) is 3.23. The van der Waals surface area contributed by atoms with E-state index in [-0.39, 0.29) is 0 Å². The molecule has 1 aromatic heterocycles. The Balaban J connectivity index is 2.21. The fourth-order valence-corrected chi connectivity index (χ4v) is 2.77. The van der Waals surface area contributed by atoms with Crippen LogP contribution >= 0.6 is 11.3 Å². The quantitative estimate of drug-likeness (QED) is 0.628. The minimum Gasteiger partial charge on any atom is -0.465 e. The van der Waals surface area contributed by atoms with E-state index in [2.05, 4.69) is 4.74 Å². The summed E-state index contributed by atoms with van der Waals surface area (Å²) in [6.07, 6.45) is -1.53. The number of nitrogens with two attached hydrogens (primary N) is 1. The fourth-order valence-electron chi connectivity index (χ4n) is 1.75. The van der Waals surface area contributed by atoms with Crippen molar-refractivity contribution in [3.63, 3.8) is 0 Å². The Bertz CT molecular complexity index is 424. The molecule has 2 unspecified atom stereocenters. The van der Waals surface area contributed by atoms with Gasteiger partial charge in [0.2, 0.25) is 0 Å². The van der Waals surface area contributed by atoms with Crippen molar-refractivity contribution in [3.05, 3.63) is 10.9 Å². The van der Waals surface area contributed by atoms with Crippen molar-refractivity contribution in [2.75, 3.05) is 30.8 Å². The number of nitrogens with zero attached hydrogens (tertiary/aromatic N) is 1. The summed E-state index contributed by atoms with van der Waals surface area (Å²) in [6.45, 7) is 0.670. The van der Waals surface area contributed by atoms with Gasteiger partial charge < -0.3 is 25.6 Å². The lowest BCUT2D eigenvalue weighted by Gasteiger charge is -2.13. The summed E-state index contributed by atoms with van der Waals surface area (Å²) < 4.78 is 4.61. The Labute approximate surface area is 102 Å². The molecule has 0 saturated carbocycles. The van der Waals surface area contributed by atoms with Gasteiger partial charge in [-0.1, -0.05) is 0 Å². The molecule has 94 valence electrons. The van der Waals surface area contributed by atoms with Gasteiger partial charge in [0.25, 0.3) is 0 Å². The van der Waals surface area contributed by atoms with Crippen molar-refractivity contribution in [2.45, 2.75) is 12.2 Å². The van der Waals surface area contributed by atoms with E-state index in [4.69, 9.17) is 5.73 Å². The van der Waals surface area contributed by atoms with Crippen molar-refractivity contribution >= 4 is 28.0 Å². The monoisotopic (exact) mass is 258 g/mol. The number of nitrogen functional groups attached to an aromatic ring is 1. The molecule has 0 radical (unpaired) electrons. The molecule has 2 heterocycles.